The summed E-state index contributed by atoms with van der Waals surface area (Å²) in [6.45, 7) is 3.86. The van der Waals surface area contributed by atoms with Crippen LogP contribution in [-0.2, 0) is 6.42 Å². The molecule has 0 aliphatic heterocycles. The lowest BCUT2D eigenvalue weighted by Crippen LogP contribution is -2.10. The molecule has 0 spiro atoms. The molecule has 0 amide bonds. The Hall–Kier alpha value is -1.16. The molecule has 0 aliphatic carbocycles. The van der Waals surface area contributed by atoms with Gasteiger partial charge in [0.15, 0.2) is 0 Å². The summed E-state index contributed by atoms with van der Waals surface area (Å²) in [7, 11) is 0. The van der Waals surface area contributed by atoms with E-state index in [-0.39, 0.29) is 6.04 Å². The van der Waals surface area contributed by atoms with Gasteiger partial charge >= 0.3 is 0 Å². The molecule has 2 aromatic rings. The van der Waals surface area contributed by atoms with Crippen LogP contribution in [0.3, 0.4) is 0 Å². The maximum atomic E-state index is 5.99. The minimum Gasteiger partial charge on any atom is -0.324 e. The highest BCUT2D eigenvalue weighted by Gasteiger charge is 2.08. The number of hydrogen-bond acceptors (Lipinski definition) is 3. The highest BCUT2D eigenvalue weighted by molar-refractivity contribution is 6.42. The minimum absolute atomic E-state index is 0.0565. The summed E-state index contributed by atoms with van der Waals surface area (Å²) in [5, 5.41) is 1.10. The van der Waals surface area contributed by atoms with Gasteiger partial charge in [-0.05, 0) is 31.5 Å². The fourth-order valence-electron chi connectivity index (χ4n) is 1.89. The predicted octanol–water partition coefficient (Wildman–Crippen LogP) is 3.70. The van der Waals surface area contributed by atoms with E-state index in [0.29, 0.717) is 16.5 Å². The topological polar surface area (TPSA) is 51.8 Å². The zero-order chi connectivity index (χ0) is 14.0. The third-order valence-corrected chi connectivity index (χ3v) is 3.64. The number of aryl methyl sites for hydroxylation is 1. The summed E-state index contributed by atoms with van der Waals surface area (Å²) in [6.07, 6.45) is 2.41. The van der Waals surface area contributed by atoms with Gasteiger partial charge in [-0.3, -0.25) is 0 Å². The molecule has 0 saturated carbocycles. The first-order chi connectivity index (χ1) is 8.97. The standard InChI is InChI=1S/C14H15Cl2N3/c1-8(17)11-7-18-14(19-9(11)2)6-10-3-4-12(15)13(16)5-10/h3-5,7-8H,6,17H2,1-2H3/t8-/m0/s1. The van der Waals surface area contributed by atoms with Crippen molar-refractivity contribution in [2.24, 2.45) is 5.73 Å². The molecule has 0 bridgehead atoms. The smallest absolute Gasteiger partial charge is 0.132 e. The molecular weight excluding hydrogens is 281 g/mol. The molecule has 0 radical (unpaired) electrons. The van der Waals surface area contributed by atoms with Crippen molar-refractivity contribution >= 4 is 23.2 Å². The molecular formula is C14H15Cl2N3. The quantitative estimate of drug-likeness (QED) is 0.939. The second-order valence-electron chi connectivity index (χ2n) is 4.54. The van der Waals surface area contributed by atoms with Crippen LogP contribution in [0.2, 0.25) is 10.0 Å². The van der Waals surface area contributed by atoms with E-state index in [2.05, 4.69) is 9.97 Å². The van der Waals surface area contributed by atoms with Crippen LogP contribution in [0, 0.1) is 6.92 Å². The first kappa shape index (κ1) is 14.3. The van der Waals surface area contributed by atoms with Gasteiger partial charge in [0.05, 0.1) is 10.0 Å². The van der Waals surface area contributed by atoms with Crippen molar-refractivity contribution < 1.29 is 0 Å². The van der Waals surface area contributed by atoms with E-state index in [4.69, 9.17) is 28.9 Å². The molecule has 1 aromatic heterocycles. The first-order valence-electron chi connectivity index (χ1n) is 5.99. The summed E-state index contributed by atoms with van der Waals surface area (Å²) < 4.78 is 0. The van der Waals surface area contributed by atoms with Crippen molar-refractivity contribution in [3.05, 3.63) is 57.1 Å². The lowest BCUT2D eigenvalue weighted by Gasteiger charge is -2.10. The number of halogens is 2. The van der Waals surface area contributed by atoms with E-state index in [9.17, 15) is 0 Å². The Bertz CT molecular complexity index is 597. The molecule has 1 heterocycles. The highest BCUT2D eigenvalue weighted by Crippen LogP contribution is 2.23. The number of nitrogens with two attached hydrogens (primary N) is 1. The number of aromatic nitrogens is 2. The Morgan fingerprint density at radius 2 is 2.00 bits per heavy atom. The average Bonchev–Trinajstić information content (AvgIpc) is 2.33. The summed E-state index contributed by atoms with van der Waals surface area (Å²) in [5.41, 5.74) is 8.76. The van der Waals surface area contributed by atoms with Crippen LogP contribution in [0.1, 0.15) is 35.6 Å². The van der Waals surface area contributed by atoms with E-state index < -0.39 is 0 Å². The van der Waals surface area contributed by atoms with Gasteiger partial charge in [0, 0.05) is 29.9 Å². The molecule has 0 aliphatic rings. The summed E-state index contributed by atoms with van der Waals surface area (Å²) in [4.78, 5) is 8.82. The highest BCUT2D eigenvalue weighted by atomic mass is 35.5. The van der Waals surface area contributed by atoms with Crippen molar-refractivity contribution in [2.45, 2.75) is 26.3 Å². The Morgan fingerprint density at radius 3 is 2.58 bits per heavy atom. The molecule has 100 valence electrons. The first-order valence-corrected chi connectivity index (χ1v) is 6.75. The molecule has 1 aromatic carbocycles. The zero-order valence-corrected chi connectivity index (χ0v) is 12.3. The zero-order valence-electron chi connectivity index (χ0n) is 10.8. The third-order valence-electron chi connectivity index (χ3n) is 2.90. The second-order valence-corrected chi connectivity index (χ2v) is 5.36. The molecule has 3 nitrogen and oxygen atoms in total. The molecule has 5 heteroatoms. The molecule has 2 N–H and O–H groups in total. The van der Waals surface area contributed by atoms with Crippen LogP contribution in [0.5, 0.6) is 0 Å². The van der Waals surface area contributed by atoms with E-state index in [1.54, 1.807) is 12.3 Å². The van der Waals surface area contributed by atoms with Crippen LogP contribution < -0.4 is 5.73 Å². The van der Waals surface area contributed by atoms with E-state index in [1.165, 1.54) is 0 Å². The largest absolute Gasteiger partial charge is 0.324 e. The van der Waals surface area contributed by atoms with Gasteiger partial charge in [0.25, 0.3) is 0 Å². The fourth-order valence-corrected chi connectivity index (χ4v) is 2.21. The third kappa shape index (κ3) is 3.44. The van der Waals surface area contributed by atoms with Crippen LogP contribution in [0.25, 0.3) is 0 Å². The van der Waals surface area contributed by atoms with Crippen molar-refractivity contribution in [1.29, 1.82) is 0 Å². The van der Waals surface area contributed by atoms with E-state index >= 15 is 0 Å². The summed E-state index contributed by atoms with van der Waals surface area (Å²) in [5.74, 6) is 0.750. The monoisotopic (exact) mass is 295 g/mol. The fraction of sp³-hybridized carbons (Fsp3) is 0.286. The Balaban J connectivity index is 2.24. The molecule has 0 unspecified atom stereocenters. The SMILES string of the molecule is Cc1nc(Cc2ccc(Cl)c(Cl)c2)ncc1[C@H](C)N. The molecule has 0 fully saturated rings. The number of hydrogen-bond donors (Lipinski definition) is 1. The molecule has 2 rings (SSSR count). The maximum Gasteiger partial charge on any atom is 0.132 e. The van der Waals surface area contributed by atoms with Gasteiger partial charge < -0.3 is 5.73 Å². The lowest BCUT2D eigenvalue weighted by atomic mass is 10.1. The Morgan fingerprint density at radius 1 is 1.26 bits per heavy atom. The number of benzene rings is 1. The second kappa shape index (κ2) is 5.87. The van der Waals surface area contributed by atoms with Gasteiger partial charge in [-0.15, -0.1) is 0 Å². The lowest BCUT2D eigenvalue weighted by molar-refractivity contribution is 0.777. The van der Waals surface area contributed by atoms with Gasteiger partial charge in [-0.2, -0.15) is 0 Å². The molecule has 19 heavy (non-hydrogen) atoms. The molecule has 0 saturated heterocycles. The van der Waals surface area contributed by atoms with Gasteiger partial charge in [-0.1, -0.05) is 29.3 Å². The summed E-state index contributed by atoms with van der Waals surface area (Å²) in [6, 6.07) is 5.48. The van der Waals surface area contributed by atoms with Crippen molar-refractivity contribution in [1.82, 2.24) is 9.97 Å². The van der Waals surface area contributed by atoms with Crippen LogP contribution >= 0.6 is 23.2 Å². The van der Waals surface area contributed by atoms with E-state index in [0.717, 1.165) is 22.6 Å². The normalized spacial score (nSPS) is 12.5. The molecule has 1 atom stereocenters. The Labute approximate surface area is 122 Å². The van der Waals surface area contributed by atoms with Gasteiger partial charge in [-0.25, -0.2) is 9.97 Å². The van der Waals surface area contributed by atoms with Crippen molar-refractivity contribution in [3.8, 4) is 0 Å². The predicted molar refractivity (Wildman–Crippen MR) is 78.6 cm³/mol. The number of rotatable bonds is 3. The summed E-state index contributed by atoms with van der Waals surface area (Å²) >= 11 is 11.9. The van der Waals surface area contributed by atoms with Crippen LogP contribution in [0.4, 0.5) is 0 Å². The average molecular weight is 296 g/mol. The Kier molecular flexibility index (Phi) is 4.40. The van der Waals surface area contributed by atoms with Crippen molar-refractivity contribution in [3.63, 3.8) is 0 Å². The van der Waals surface area contributed by atoms with Gasteiger partial charge in [0.2, 0.25) is 0 Å². The van der Waals surface area contributed by atoms with Gasteiger partial charge in [0.1, 0.15) is 5.82 Å². The van der Waals surface area contributed by atoms with E-state index in [1.807, 2.05) is 26.0 Å². The number of nitrogens with zero attached hydrogens (tertiary/aromatic N) is 2. The van der Waals surface area contributed by atoms with Crippen LogP contribution in [-0.4, -0.2) is 9.97 Å². The van der Waals surface area contributed by atoms with Crippen molar-refractivity contribution in [2.75, 3.05) is 0 Å². The van der Waals surface area contributed by atoms with Crippen LogP contribution in [0.15, 0.2) is 24.4 Å². The maximum absolute atomic E-state index is 5.99. The minimum atomic E-state index is -0.0565.